The Labute approximate surface area is 299 Å². The molecule has 0 aliphatic rings. The van der Waals surface area contributed by atoms with Crippen molar-refractivity contribution in [1.29, 1.82) is 0 Å². The number of benzene rings is 3. The smallest absolute Gasteiger partial charge is 0.246 e. The Morgan fingerprint density at radius 2 is 0.961 bits per heavy atom. The highest BCUT2D eigenvalue weighted by Gasteiger charge is 2.39. The van der Waals surface area contributed by atoms with Crippen molar-refractivity contribution in [3.63, 3.8) is 0 Å². The maximum Gasteiger partial charge on any atom is 0.246 e. The van der Waals surface area contributed by atoms with Gasteiger partial charge in [-0.15, -0.1) is 0 Å². The summed E-state index contributed by atoms with van der Waals surface area (Å²) >= 11 is 0. The van der Waals surface area contributed by atoms with E-state index in [0.717, 1.165) is 22.3 Å². The Morgan fingerprint density at radius 1 is 0.569 bits per heavy atom. The Kier molecular flexibility index (Phi) is 13.6. The first-order valence-electron chi connectivity index (χ1n) is 16.8. The molecule has 4 aromatic rings. The molecule has 0 saturated carbocycles. The van der Waals surface area contributed by atoms with Crippen LogP contribution in [0.4, 0.5) is 0 Å². The number of hydrogen-bond acceptors (Lipinski definition) is 6. The van der Waals surface area contributed by atoms with Crippen molar-refractivity contribution in [2.24, 2.45) is 5.73 Å². The van der Waals surface area contributed by atoms with Gasteiger partial charge in [0.15, 0.2) is 0 Å². The van der Waals surface area contributed by atoms with E-state index in [2.05, 4.69) is 10.3 Å². The average Bonchev–Trinajstić information content (AvgIpc) is 3.14. The van der Waals surface area contributed by atoms with Gasteiger partial charge in [-0.2, -0.15) is 0 Å². The van der Waals surface area contributed by atoms with Gasteiger partial charge in [-0.25, -0.2) is 0 Å². The van der Waals surface area contributed by atoms with Crippen LogP contribution >= 0.6 is 0 Å². The summed E-state index contributed by atoms with van der Waals surface area (Å²) in [5.41, 5.74) is 9.00. The molecule has 0 bridgehead atoms. The van der Waals surface area contributed by atoms with Crippen LogP contribution in [0, 0.1) is 0 Å². The zero-order valence-corrected chi connectivity index (χ0v) is 29.5. The van der Waals surface area contributed by atoms with E-state index in [9.17, 15) is 24.0 Å². The topological polar surface area (TPSA) is 146 Å². The molecular weight excluding hydrogens is 644 g/mol. The van der Waals surface area contributed by atoms with E-state index < -0.39 is 53.7 Å². The minimum absolute atomic E-state index is 0.145. The first kappa shape index (κ1) is 38.0. The molecule has 0 radical (unpaired) electrons. The Hall–Kier alpha value is -5.84. The van der Waals surface area contributed by atoms with E-state index in [-0.39, 0.29) is 25.7 Å². The van der Waals surface area contributed by atoms with Crippen LogP contribution in [0.15, 0.2) is 116 Å². The largest absolute Gasteiger partial charge is 0.368 e. The SMILES string of the molecule is CC(=O)N[C@@H](Cc1cccnc1)C(=O)N(C)[C@@H](Cc1ccccc1)C(=O)N(C)[C@@H](Cc1ccccc1)C(=O)N(C)[C@@H](Cc1ccccc1)C(N)=O. The van der Waals surface area contributed by atoms with Crippen LogP contribution in [0.2, 0.25) is 0 Å². The molecule has 3 N–H and O–H groups in total. The lowest BCUT2D eigenvalue weighted by molar-refractivity contribution is -0.152. The first-order valence-corrected chi connectivity index (χ1v) is 16.8. The number of rotatable bonds is 16. The number of carbonyl (C=O) groups is 5. The second-order valence-electron chi connectivity index (χ2n) is 12.7. The summed E-state index contributed by atoms with van der Waals surface area (Å²) in [5.74, 6) is -2.51. The zero-order chi connectivity index (χ0) is 36.9. The predicted octanol–water partition coefficient (Wildman–Crippen LogP) is 2.82. The van der Waals surface area contributed by atoms with E-state index in [1.165, 1.54) is 42.8 Å². The van der Waals surface area contributed by atoms with Crippen LogP contribution in [0.1, 0.15) is 29.2 Å². The number of nitrogens with two attached hydrogens (primary N) is 1. The maximum absolute atomic E-state index is 14.7. The number of amides is 5. The molecule has 4 rings (SSSR count). The van der Waals surface area contributed by atoms with E-state index in [1.807, 2.05) is 97.1 Å². The van der Waals surface area contributed by atoms with Crippen LogP contribution < -0.4 is 11.1 Å². The molecule has 11 heteroatoms. The van der Waals surface area contributed by atoms with Crippen LogP contribution in [0.5, 0.6) is 0 Å². The van der Waals surface area contributed by atoms with Gasteiger partial charge >= 0.3 is 0 Å². The molecule has 1 aromatic heterocycles. The fraction of sp³-hybridized carbons (Fsp3) is 0.300. The zero-order valence-electron chi connectivity index (χ0n) is 29.5. The number of nitrogens with one attached hydrogen (secondary N) is 1. The average molecular weight is 691 g/mol. The summed E-state index contributed by atoms with van der Waals surface area (Å²) in [5, 5.41) is 2.74. The highest BCUT2D eigenvalue weighted by Crippen LogP contribution is 2.19. The van der Waals surface area contributed by atoms with Gasteiger partial charge in [0.25, 0.3) is 0 Å². The summed E-state index contributed by atoms with van der Waals surface area (Å²) in [6, 6.07) is 27.3. The molecule has 5 amide bonds. The van der Waals surface area contributed by atoms with E-state index in [1.54, 1.807) is 18.5 Å². The van der Waals surface area contributed by atoms with Crippen molar-refractivity contribution in [3.05, 3.63) is 138 Å². The summed E-state index contributed by atoms with van der Waals surface area (Å²) in [4.78, 5) is 76.5. The first-order chi connectivity index (χ1) is 24.5. The molecule has 0 spiro atoms. The third kappa shape index (κ3) is 10.6. The minimum atomic E-state index is -1.05. The van der Waals surface area contributed by atoms with Gasteiger partial charge in [-0.3, -0.25) is 29.0 Å². The highest BCUT2D eigenvalue weighted by molar-refractivity contribution is 5.95. The van der Waals surface area contributed by atoms with Gasteiger partial charge in [0.2, 0.25) is 29.5 Å². The summed E-state index contributed by atoms with van der Waals surface area (Å²) in [7, 11) is 4.59. The van der Waals surface area contributed by atoms with Gasteiger partial charge in [0.05, 0.1) is 0 Å². The number of aromatic nitrogens is 1. The summed E-state index contributed by atoms with van der Waals surface area (Å²) < 4.78 is 0. The number of hydrogen-bond donors (Lipinski definition) is 2. The van der Waals surface area contributed by atoms with Crippen LogP contribution in [0.25, 0.3) is 0 Å². The van der Waals surface area contributed by atoms with Gasteiger partial charge in [0, 0.05) is 66.1 Å². The third-order valence-corrected chi connectivity index (χ3v) is 9.00. The molecule has 266 valence electrons. The molecule has 0 aliphatic heterocycles. The lowest BCUT2D eigenvalue weighted by Crippen LogP contribution is -2.60. The Morgan fingerprint density at radius 3 is 1.35 bits per heavy atom. The van der Waals surface area contributed by atoms with Crippen molar-refractivity contribution in [2.45, 2.75) is 56.8 Å². The second kappa shape index (κ2) is 18.2. The van der Waals surface area contributed by atoms with Gasteiger partial charge in [-0.05, 0) is 28.3 Å². The molecule has 4 atom stereocenters. The lowest BCUT2D eigenvalue weighted by atomic mass is 9.98. The van der Waals surface area contributed by atoms with Gasteiger partial charge in [0.1, 0.15) is 24.2 Å². The van der Waals surface area contributed by atoms with Gasteiger partial charge in [-0.1, -0.05) is 97.1 Å². The van der Waals surface area contributed by atoms with E-state index >= 15 is 0 Å². The molecular formula is C40H46N6O5. The predicted molar refractivity (Wildman–Crippen MR) is 195 cm³/mol. The normalized spacial score (nSPS) is 13.2. The Bertz CT molecular complexity index is 1760. The van der Waals surface area contributed by atoms with Crippen LogP contribution in [-0.2, 0) is 49.7 Å². The third-order valence-electron chi connectivity index (χ3n) is 9.00. The standard InChI is InChI=1S/C40H46N6O5/c1-28(47)43-33(23-32-21-14-22-42-27-32)38(49)45(3)35(25-30-17-10-6-11-18-30)40(51)46(4)36(26-31-19-12-7-13-20-31)39(50)44(2)34(37(41)48)24-29-15-8-5-9-16-29/h5-22,27,33-36H,23-26H2,1-4H3,(H2,41,48)(H,43,47)/t33-,34-,35-,36-/m0/s1. The van der Waals surface area contributed by atoms with Crippen molar-refractivity contribution >= 4 is 29.5 Å². The molecule has 0 aliphatic carbocycles. The number of nitrogens with zero attached hydrogens (tertiary/aromatic N) is 4. The summed E-state index contributed by atoms with van der Waals surface area (Å²) in [6.07, 6.45) is 3.89. The van der Waals surface area contributed by atoms with Crippen LogP contribution in [-0.4, -0.2) is 94.5 Å². The molecule has 51 heavy (non-hydrogen) atoms. The maximum atomic E-state index is 14.7. The number of carbonyl (C=O) groups excluding carboxylic acids is 5. The molecule has 0 unspecified atom stereocenters. The van der Waals surface area contributed by atoms with E-state index in [0.29, 0.717) is 0 Å². The fourth-order valence-corrected chi connectivity index (χ4v) is 6.10. The number of primary amides is 1. The molecule has 1 heterocycles. The highest BCUT2D eigenvalue weighted by atomic mass is 16.2. The van der Waals surface area contributed by atoms with E-state index in [4.69, 9.17) is 5.73 Å². The number of pyridine rings is 1. The quantitative estimate of drug-likeness (QED) is 0.185. The lowest BCUT2D eigenvalue weighted by Gasteiger charge is -2.38. The van der Waals surface area contributed by atoms with Crippen LogP contribution in [0.3, 0.4) is 0 Å². The van der Waals surface area contributed by atoms with Crippen molar-refractivity contribution < 1.29 is 24.0 Å². The number of likely N-dealkylation sites (N-methyl/N-ethyl adjacent to an activating group) is 3. The van der Waals surface area contributed by atoms with Crippen molar-refractivity contribution in [3.8, 4) is 0 Å². The van der Waals surface area contributed by atoms with Crippen molar-refractivity contribution in [2.75, 3.05) is 21.1 Å². The molecule has 11 nitrogen and oxygen atoms in total. The van der Waals surface area contributed by atoms with Crippen molar-refractivity contribution in [1.82, 2.24) is 25.0 Å². The molecule has 0 saturated heterocycles. The Balaban J connectivity index is 1.70. The minimum Gasteiger partial charge on any atom is -0.368 e. The molecule has 0 fully saturated rings. The van der Waals surface area contributed by atoms with Gasteiger partial charge < -0.3 is 25.8 Å². The fourth-order valence-electron chi connectivity index (χ4n) is 6.10. The molecule has 3 aromatic carbocycles. The summed E-state index contributed by atoms with van der Waals surface area (Å²) in [6.45, 7) is 1.33. The second-order valence-corrected chi connectivity index (χ2v) is 12.7. The monoisotopic (exact) mass is 690 g/mol.